The molecule has 2 aliphatic rings. The van der Waals surface area contributed by atoms with Crippen LogP contribution in [-0.4, -0.2) is 75.6 Å². The van der Waals surface area contributed by atoms with Crippen LogP contribution in [0.3, 0.4) is 0 Å². The third kappa shape index (κ3) is 3.63. The van der Waals surface area contributed by atoms with E-state index in [9.17, 15) is 18.3 Å². The number of carbonyl (C=O) groups is 1. The van der Waals surface area contributed by atoms with E-state index in [1.54, 1.807) is 24.3 Å². The topological polar surface area (TPSA) is 95.9 Å². The number of aliphatic hydroxyl groups is 1. The zero-order chi connectivity index (χ0) is 19.9. The molecule has 0 bridgehead atoms. The van der Waals surface area contributed by atoms with Gasteiger partial charge in [-0.15, -0.1) is 0 Å². The maximum absolute atomic E-state index is 12.7. The first kappa shape index (κ1) is 20.3. The van der Waals surface area contributed by atoms with Gasteiger partial charge in [-0.3, -0.25) is 9.69 Å². The lowest BCUT2D eigenvalue weighted by atomic mass is 9.95. The van der Waals surface area contributed by atoms with Gasteiger partial charge in [-0.1, -0.05) is 12.1 Å². The van der Waals surface area contributed by atoms with Gasteiger partial charge in [-0.2, -0.15) is 0 Å². The van der Waals surface area contributed by atoms with Crippen LogP contribution < -0.4 is 5.32 Å². The highest BCUT2D eigenvalue weighted by Gasteiger charge is 2.53. The Hall–Kier alpha value is -1.48. The number of nitrogens with one attached hydrogen (secondary N) is 1. The molecule has 0 unspecified atom stereocenters. The summed E-state index contributed by atoms with van der Waals surface area (Å²) in [6, 6.07) is 6.96. The number of carbonyl (C=O) groups excluding carboxylic acids is 1. The van der Waals surface area contributed by atoms with E-state index in [-0.39, 0.29) is 25.1 Å². The second-order valence-corrected chi connectivity index (χ2v) is 10.2. The highest BCUT2D eigenvalue weighted by molar-refractivity contribution is 7.92. The molecule has 1 aromatic carbocycles. The normalized spacial score (nSPS) is 27.9. The molecule has 8 heteroatoms. The number of sulfone groups is 1. The zero-order valence-corrected chi connectivity index (χ0v) is 16.9. The van der Waals surface area contributed by atoms with Crippen LogP contribution in [0.15, 0.2) is 24.3 Å². The minimum Gasteiger partial charge on any atom is -0.394 e. The molecule has 1 aliphatic heterocycles. The second-order valence-electron chi connectivity index (χ2n) is 7.89. The van der Waals surface area contributed by atoms with Crippen LogP contribution in [0.4, 0.5) is 0 Å². The number of morpholine rings is 1. The highest BCUT2D eigenvalue weighted by atomic mass is 32.2. The van der Waals surface area contributed by atoms with Gasteiger partial charge in [-0.25, -0.2) is 8.42 Å². The van der Waals surface area contributed by atoms with Crippen LogP contribution in [0.1, 0.15) is 35.7 Å². The van der Waals surface area contributed by atoms with Crippen LogP contribution in [0.5, 0.6) is 0 Å². The fraction of sp³-hybridized carbons (Fsp3) is 0.632. The molecule has 27 heavy (non-hydrogen) atoms. The van der Waals surface area contributed by atoms with Crippen LogP contribution in [-0.2, 0) is 19.3 Å². The standard InChI is InChI=1S/C19H28N2O5S/c1-14-10-26-13-18(12-22,21(14)2)11-20-17(23)15-5-4-6-16(9-15)19(7-8-19)27(3,24)25/h4-6,9,14,22H,7-8,10-13H2,1-3H3,(H,20,23)/t14-,18+/m1/s1. The summed E-state index contributed by atoms with van der Waals surface area (Å²) in [6.45, 7) is 3.04. The smallest absolute Gasteiger partial charge is 0.251 e. The molecule has 3 rings (SSSR count). The first-order valence-corrected chi connectivity index (χ1v) is 11.0. The van der Waals surface area contributed by atoms with Gasteiger partial charge in [0.1, 0.15) is 0 Å². The number of benzene rings is 1. The number of aliphatic hydroxyl groups excluding tert-OH is 1. The summed E-state index contributed by atoms with van der Waals surface area (Å²) in [7, 11) is -1.32. The number of amides is 1. The van der Waals surface area contributed by atoms with E-state index < -0.39 is 20.1 Å². The van der Waals surface area contributed by atoms with Crippen molar-refractivity contribution < 1.29 is 23.1 Å². The van der Waals surface area contributed by atoms with Crippen molar-refractivity contribution in [3.63, 3.8) is 0 Å². The Morgan fingerprint density at radius 3 is 2.70 bits per heavy atom. The molecule has 1 amide bonds. The van der Waals surface area contributed by atoms with Crippen LogP contribution in [0.2, 0.25) is 0 Å². The Bertz CT molecular complexity index is 821. The lowest BCUT2D eigenvalue weighted by Gasteiger charge is -2.47. The van der Waals surface area contributed by atoms with E-state index in [1.165, 1.54) is 6.26 Å². The molecule has 1 aliphatic carbocycles. The first-order valence-electron chi connectivity index (χ1n) is 9.15. The Morgan fingerprint density at radius 2 is 2.11 bits per heavy atom. The molecule has 7 nitrogen and oxygen atoms in total. The summed E-state index contributed by atoms with van der Waals surface area (Å²) in [5.41, 5.74) is 0.416. The Morgan fingerprint density at radius 1 is 1.41 bits per heavy atom. The van der Waals surface area contributed by atoms with E-state index in [0.717, 1.165) is 0 Å². The molecule has 0 radical (unpaired) electrons. The number of nitrogens with zero attached hydrogens (tertiary/aromatic N) is 1. The van der Waals surface area contributed by atoms with Gasteiger partial charge in [0, 0.05) is 24.4 Å². The fourth-order valence-corrected chi connectivity index (χ4v) is 5.17. The minimum atomic E-state index is -3.23. The molecule has 2 atom stereocenters. The van der Waals surface area contributed by atoms with E-state index in [1.807, 2.05) is 18.9 Å². The monoisotopic (exact) mass is 396 g/mol. The van der Waals surface area contributed by atoms with Gasteiger partial charge < -0.3 is 15.2 Å². The van der Waals surface area contributed by atoms with Crippen molar-refractivity contribution in [1.82, 2.24) is 10.2 Å². The molecule has 0 aromatic heterocycles. The summed E-state index contributed by atoms with van der Waals surface area (Å²) >= 11 is 0. The average Bonchev–Trinajstić information content (AvgIpc) is 3.45. The summed E-state index contributed by atoms with van der Waals surface area (Å²) in [4.78, 5) is 14.7. The van der Waals surface area contributed by atoms with Gasteiger partial charge in [-0.05, 0) is 44.5 Å². The lowest BCUT2D eigenvalue weighted by molar-refractivity contribution is -0.105. The first-order chi connectivity index (χ1) is 12.7. The maximum Gasteiger partial charge on any atom is 0.251 e. The van der Waals surface area contributed by atoms with Crippen molar-refractivity contribution in [2.24, 2.45) is 0 Å². The predicted octanol–water partition coefficient (Wildman–Crippen LogP) is 0.532. The summed E-state index contributed by atoms with van der Waals surface area (Å²) in [5, 5.41) is 12.8. The van der Waals surface area contributed by atoms with E-state index in [4.69, 9.17) is 4.74 Å². The number of hydrogen-bond donors (Lipinski definition) is 2. The third-order valence-electron chi connectivity index (χ3n) is 6.08. The van der Waals surface area contributed by atoms with Crippen molar-refractivity contribution in [2.75, 3.05) is 39.7 Å². The summed E-state index contributed by atoms with van der Waals surface area (Å²) < 4.78 is 29.0. The van der Waals surface area contributed by atoms with Gasteiger partial charge in [0.15, 0.2) is 9.84 Å². The number of likely N-dealkylation sites (N-methyl/N-ethyl adjacent to an activating group) is 1. The highest BCUT2D eigenvalue weighted by Crippen LogP contribution is 2.52. The number of rotatable bonds is 6. The molecule has 1 aromatic rings. The van der Waals surface area contributed by atoms with Crippen LogP contribution in [0.25, 0.3) is 0 Å². The molecule has 1 saturated carbocycles. The molecule has 1 heterocycles. The van der Waals surface area contributed by atoms with Gasteiger partial charge >= 0.3 is 0 Å². The van der Waals surface area contributed by atoms with Crippen molar-refractivity contribution in [1.29, 1.82) is 0 Å². The van der Waals surface area contributed by atoms with Crippen LogP contribution >= 0.6 is 0 Å². The predicted molar refractivity (Wildman–Crippen MR) is 102 cm³/mol. The van der Waals surface area contributed by atoms with Gasteiger partial charge in [0.05, 0.1) is 30.1 Å². The minimum absolute atomic E-state index is 0.134. The Balaban J connectivity index is 1.75. The summed E-state index contributed by atoms with van der Waals surface area (Å²) in [6.07, 6.45) is 2.42. The third-order valence-corrected chi connectivity index (χ3v) is 8.14. The fourth-order valence-electron chi connectivity index (χ4n) is 3.77. The SMILES string of the molecule is C[C@@H]1COC[C@@](CO)(CNC(=O)c2cccc(C3(S(C)(=O)=O)CC3)c2)N1C. The van der Waals surface area contributed by atoms with E-state index in [0.29, 0.717) is 37.2 Å². The molecule has 150 valence electrons. The van der Waals surface area contributed by atoms with Gasteiger partial charge in [0.25, 0.3) is 5.91 Å². The van der Waals surface area contributed by atoms with E-state index >= 15 is 0 Å². The van der Waals surface area contributed by atoms with Crippen LogP contribution in [0, 0.1) is 0 Å². The molecule has 0 spiro atoms. The Labute approximate surface area is 160 Å². The van der Waals surface area contributed by atoms with Crippen molar-refractivity contribution >= 4 is 15.7 Å². The zero-order valence-electron chi connectivity index (χ0n) is 16.1. The molecule has 2 fully saturated rings. The van der Waals surface area contributed by atoms with Crippen molar-refractivity contribution in [3.8, 4) is 0 Å². The Kier molecular flexibility index (Phi) is 5.37. The lowest BCUT2D eigenvalue weighted by Crippen LogP contribution is -2.65. The largest absolute Gasteiger partial charge is 0.394 e. The molecule has 2 N–H and O–H groups in total. The average molecular weight is 397 g/mol. The van der Waals surface area contributed by atoms with Crippen molar-refractivity contribution in [2.45, 2.75) is 36.1 Å². The summed E-state index contributed by atoms with van der Waals surface area (Å²) in [5.74, 6) is -0.291. The quantitative estimate of drug-likeness (QED) is 0.728. The number of ether oxygens (including phenoxy) is 1. The number of hydrogen-bond acceptors (Lipinski definition) is 6. The van der Waals surface area contributed by atoms with Crippen molar-refractivity contribution in [3.05, 3.63) is 35.4 Å². The molecule has 1 saturated heterocycles. The van der Waals surface area contributed by atoms with Gasteiger partial charge in [0.2, 0.25) is 0 Å². The van der Waals surface area contributed by atoms with E-state index in [2.05, 4.69) is 5.32 Å². The second kappa shape index (κ2) is 7.16. The molecular weight excluding hydrogens is 368 g/mol. The molecular formula is C19H28N2O5S. The maximum atomic E-state index is 12.7.